The van der Waals surface area contributed by atoms with Gasteiger partial charge in [-0.2, -0.15) is 0 Å². The predicted molar refractivity (Wildman–Crippen MR) is 122 cm³/mol. The summed E-state index contributed by atoms with van der Waals surface area (Å²) >= 11 is 3.40. The van der Waals surface area contributed by atoms with Crippen LogP contribution in [-0.4, -0.2) is 17.7 Å². The van der Waals surface area contributed by atoms with Gasteiger partial charge in [-0.3, -0.25) is 14.5 Å². The molecule has 0 unspecified atom stereocenters. The first-order chi connectivity index (χ1) is 15.5. The molecular weight excluding hydrogens is 476 g/mol. The van der Waals surface area contributed by atoms with E-state index in [4.69, 9.17) is 13.7 Å². The van der Waals surface area contributed by atoms with Crippen molar-refractivity contribution in [2.75, 3.05) is 11.5 Å². The van der Waals surface area contributed by atoms with Crippen LogP contribution in [0.5, 0.6) is 5.75 Å². The monoisotopic (exact) mass is 494 g/mol. The molecule has 2 aromatic carbocycles. The average Bonchev–Trinajstić information content (AvgIpc) is 3.34. The molecule has 1 aliphatic heterocycles. The van der Waals surface area contributed by atoms with E-state index >= 15 is 0 Å². The average molecular weight is 495 g/mol. The highest BCUT2D eigenvalue weighted by Gasteiger charge is 2.44. The summed E-state index contributed by atoms with van der Waals surface area (Å²) < 4.78 is 17.6. The van der Waals surface area contributed by atoms with Gasteiger partial charge in [0.25, 0.3) is 5.91 Å². The van der Waals surface area contributed by atoms with Crippen molar-refractivity contribution in [2.45, 2.75) is 26.3 Å². The first kappa shape index (κ1) is 20.5. The summed E-state index contributed by atoms with van der Waals surface area (Å²) in [4.78, 5) is 28.4. The molecule has 8 heteroatoms. The van der Waals surface area contributed by atoms with Crippen molar-refractivity contribution in [1.29, 1.82) is 0 Å². The first-order valence-corrected chi connectivity index (χ1v) is 11.0. The van der Waals surface area contributed by atoms with Gasteiger partial charge in [-0.05, 0) is 49.2 Å². The Labute approximate surface area is 191 Å². The Morgan fingerprint density at radius 2 is 1.91 bits per heavy atom. The molecule has 4 aromatic rings. The molecule has 0 spiro atoms. The molecule has 0 saturated heterocycles. The normalized spacial score (nSPS) is 15.4. The van der Waals surface area contributed by atoms with Gasteiger partial charge in [-0.25, -0.2) is 0 Å². The number of aromatic nitrogens is 1. The molecule has 0 N–H and O–H groups in total. The van der Waals surface area contributed by atoms with Gasteiger partial charge in [-0.1, -0.05) is 40.1 Å². The smallest absolute Gasteiger partial charge is 0.296 e. The lowest BCUT2D eigenvalue weighted by atomic mass is 9.98. The molecular formula is C24H19BrN2O5. The molecule has 1 amide bonds. The van der Waals surface area contributed by atoms with Gasteiger partial charge in [-0.15, -0.1) is 0 Å². The largest absolute Gasteiger partial charge is 0.494 e. The summed E-state index contributed by atoms with van der Waals surface area (Å²) in [6, 6.07) is 13.5. The van der Waals surface area contributed by atoms with Crippen LogP contribution in [0.4, 0.5) is 5.82 Å². The molecule has 32 heavy (non-hydrogen) atoms. The Hall–Kier alpha value is -3.39. The van der Waals surface area contributed by atoms with Crippen LogP contribution in [0.1, 0.15) is 46.8 Å². The molecule has 5 rings (SSSR count). The second kappa shape index (κ2) is 7.94. The van der Waals surface area contributed by atoms with Gasteiger partial charge in [0.1, 0.15) is 17.1 Å². The summed E-state index contributed by atoms with van der Waals surface area (Å²) in [5.41, 5.74) is 1.12. The van der Waals surface area contributed by atoms with E-state index in [0.29, 0.717) is 29.2 Å². The number of carbonyl (C=O) groups is 1. The summed E-state index contributed by atoms with van der Waals surface area (Å²) in [5, 5.41) is 4.43. The number of rotatable bonds is 5. The molecule has 2 aromatic heterocycles. The Bertz CT molecular complexity index is 1390. The number of hydrogen-bond acceptors (Lipinski definition) is 6. The van der Waals surface area contributed by atoms with Crippen LogP contribution in [-0.2, 0) is 0 Å². The van der Waals surface area contributed by atoms with Crippen LogP contribution < -0.4 is 15.1 Å². The third-order valence-corrected chi connectivity index (χ3v) is 5.86. The second-order valence-electron chi connectivity index (χ2n) is 7.61. The molecule has 162 valence electrons. The molecule has 3 heterocycles. The molecule has 0 bridgehead atoms. The Balaban J connectivity index is 1.72. The first-order valence-electron chi connectivity index (χ1n) is 10.2. The van der Waals surface area contributed by atoms with Crippen LogP contribution in [0, 0.1) is 6.92 Å². The molecule has 0 radical (unpaired) electrons. The van der Waals surface area contributed by atoms with Crippen LogP contribution in [0.25, 0.3) is 11.0 Å². The fourth-order valence-electron chi connectivity index (χ4n) is 3.93. The zero-order valence-electron chi connectivity index (χ0n) is 17.4. The van der Waals surface area contributed by atoms with Gasteiger partial charge in [0.2, 0.25) is 5.76 Å². The number of ether oxygens (including phenoxy) is 1. The molecule has 0 fully saturated rings. The number of fused-ring (bicyclic) bond motifs is 2. The fraction of sp³-hybridized carbons (Fsp3) is 0.208. The van der Waals surface area contributed by atoms with E-state index in [-0.39, 0.29) is 16.8 Å². The van der Waals surface area contributed by atoms with E-state index < -0.39 is 11.9 Å². The lowest BCUT2D eigenvalue weighted by molar-refractivity contribution is 0.0969. The van der Waals surface area contributed by atoms with E-state index in [1.165, 1.54) is 4.90 Å². The Morgan fingerprint density at radius 1 is 1.12 bits per heavy atom. The van der Waals surface area contributed by atoms with Crippen molar-refractivity contribution in [3.05, 3.63) is 85.9 Å². The SMILES string of the molecule is CCCOc1ccc([C@@H]2c3c(oc4ccc(Br)cc4c3=O)C(=O)N2c2cc(C)on2)cc1. The van der Waals surface area contributed by atoms with E-state index in [0.717, 1.165) is 22.2 Å². The standard InChI is InChI=1S/C24H19BrN2O5/c1-3-10-30-16-7-4-14(5-8-16)21-20-22(28)17-12-15(25)6-9-18(17)31-23(20)24(29)27(21)19-11-13(2)32-26-19/h4-9,11-12,21H,3,10H2,1-2H3/t21-/m1/s1. The second-order valence-corrected chi connectivity index (χ2v) is 8.52. The Kier molecular flexibility index (Phi) is 5.09. The number of amides is 1. The lowest BCUT2D eigenvalue weighted by Crippen LogP contribution is -2.29. The van der Waals surface area contributed by atoms with E-state index in [1.54, 1.807) is 31.2 Å². The zero-order valence-corrected chi connectivity index (χ0v) is 19.0. The highest BCUT2D eigenvalue weighted by molar-refractivity contribution is 9.10. The molecule has 0 aliphatic carbocycles. The van der Waals surface area contributed by atoms with Crippen molar-refractivity contribution in [3.63, 3.8) is 0 Å². The maximum Gasteiger partial charge on any atom is 0.296 e. The van der Waals surface area contributed by atoms with Crippen molar-refractivity contribution in [3.8, 4) is 5.75 Å². The van der Waals surface area contributed by atoms with Crippen LogP contribution in [0.2, 0.25) is 0 Å². The highest BCUT2D eigenvalue weighted by atomic mass is 79.9. The van der Waals surface area contributed by atoms with Gasteiger partial charge >= 0.3 is 0 Å². The summed E-state index contributed by atoms with van der Waals surface area (Å²) in [7, 11) is 0. The topological polar surface area (TPSA) is 85.8 Å². The van der Waals surface area contributed by atoms with Crippen molar-refractivity contribution in [1.82, 2.24) is 5.16 Å². The van der Waals surface area contributed by atoms with Crippen LogP contribution >= 0.6 is 15.9 Å². The highest BCUT2D eigenvalue weighted by Crippen LogP contribution is 2.41. The fourth-order valence-corrected chi connectivity index (χ4v) is 4.29. The number of halogens is 1. The quantitative estimate of drug-likeness (QED) is 0.369. The zero-order chi connectivity index (χ0) is 22.4. The van der Waals surface area contributed by atoms with Crippen LogP contribution in [0.3, 0.4) is 0 Å². The maximum atomic E-state index is 13.6. The van der Waals surface area contributed by atoms with Gasteiger partial charge in [0.15, 0.2) is 11.2 Å². The summed E-state index contributed by atoms with van der Waals surface area (Å²) in [6.07, 6.45) is 0.898. The van der Waals surface area contributed by atoms with Crippen molar-refractivity contribution >= 4 is 38.6 Å². The van der Waals surface area contributed by atoms with E-state index in [2.05, 4.69) is 21.1 Å². The minimum atomic E-state index is -0.707. The molecule has 1 aliphatic rings. The third kappa shape index (κ3) is 3.31. The van der Waals surface area contributed by atoms with Gasteiger partial charge < -0.3 is 13.7 Å². The number of hydrogen-bond donors (Lipinski definition) is 0. The predicted octanol–water partition coefficient (Wildman–Crippen LogP) is 5.39. The van der Waals surface area contributed by atoms with E-state index in [9.17, 15) is 9.59 Å². The van der Waals surface area contributed by atoms with Crippen LogP contribution in [0.15, 0.2) is 66.7 Å². The third-order valence-electron chi connectivity index (χ3n) is 5.36. The van der Waals surface area contributed by atoms with Gasteiger partial charge in [0, 0.05) is 10.5 Å². The van der Waals surface area contributed by atoms with Crippen molar-refractivity contribution < 1.29 is 18.5 Å². The number of aryl methyl sites for hydroxylation is 1. The number of benzene rings is 2. The molecule has 7 nitrogen and oxygen atoms in total. The molecule has 1 atom stereocenters. The lowest BCUT2D eigenvalue weighted by Gasteiger charge is -2.22. The Morgan fingerprint density at radius 3 is 2.59 bits per heavy atom. The maximum absolute atomic E-state index is 13.6. The number of anilines is 1. The van der Waals surface area contributed by atoms with Crippen molar-refractivity contribution in [2.24, 2.45) is 0 Å². The number of carbonyl (C=O) groups excluding carboxylic acids is 1. The summed E-state index contributed by atoms with van der Waals surface area (Å²) in [5.74, 6) is 1.17. The minimum Gasteiger partial charge on any atom is -0.494 e. The van der Waals surface area contributed by atoms with Gasteiger partial charge in [0.05, 0.1) is 23.6 Å². The number of nitrogens with zero attached hydrogens (tertiary/aromatic N) is 2. The minimum absolute atomic E-state index is 0.0155. The summed E-state index contributed by atoms with van der Waals surface area (Å²) in [6.45, 7) is 4.39. The van der Waals surface area contributed by atoms with E-state index in [1.807, 2.05) is 31.2 Å². The molecule has 0 saturated carbocycles.